The molecule has 1 aliphatic heterocycles. The summed E-state index contributed by atoms with van der Waals surface area (Å²) in [7, 11) is 0. The van der Waals surface area contributed by atoms with Crippen molar-refractivity contribution in [1.29, 1.82) is 0 Å². The minimum absolute atomic E-state index is 0.330. The molecule has 0 spiro atoms. The molecule has 0 bridgehead atoms. The van der Waals surface area contributed by atoms with E-state index in [-0.39, 0.29) is 0 Å². The molecule has 23 heavy (non-hydrogen) atoms. The first-order chi connectivity index (χ1) is 11.2. The van der Waals surface area contributed by atoms with Gasteiger partial charge in [-0.3, -0.25) is 9.88 Å². The van der Waals surface area contributed by atoms with Crippen molar-refractivity contribution >= 4 is 0 Å². The van der Waals surface area contributed by atoms with Crippen molar-refractivity contribution in [3.63, 3.8) is 0 Å². The van der Waals surface area contributed by atoms with E-state index >= 15 is 0 Å². The first kappa shape index (κ1) is 16.1. The van der Waals surface area contributed by atoms with Gasteiger partial charge in [-0.05, 0) is 25.0 Å². The van der Waals surface area contributed by atoms with Gasteiger partial charge in [0, 0.05) is 31.7 Å². The Kier molecular flexibility index (Phi) is 5.41. The van der Waals surface area contributed by atoms with Crippen LogP contribution in [0.2, 0.25) is 0 Å². The fraction of sp³-hybridized carbons (Fsp3) is 0.556. The van der Waals surface area contributed by atoms with Gasteiger partial charge in [-0.1, -0.05) is 19.9 Å². The van der Waals surface area contributed by atoms with Crippen molar-refractivity contribution < 1.29 is 9.15 Å². The Balaban J connectivity index is 1.41. The maximum Gasteiger partial charge on any atom is 0.196 e. The van der Waals surface area contributed by atoms with Crippen molar-refractivity contribution in [1.82, 2.24) is 14.9 Å². The highest BCUT2D eigenvalue weighted by Gasteiger charge is 2.21. The standard InChI is InChI=1S/C18H25N3O2/c1-14(2)18-20-16(13-23-18)11-21-9-6-17(7-10-21)22-12-15-5-3-4-8-19-15/h3-5,8,13-14,17H,6-7,9-12H2,1-2H3. The van der Waals surface area contributed by atoms with E-state index in [9.17, 15) is 0 Å². The maximum atomic E-state index is 5.98. The van der Waals surface area contributed by atoms with E-state index in [0.29, 0.717) is 18.6 Å². The van der Waals surface area contributed by atoms with Gasteiger partial charge in [0.1, 0.15) is 6.26 Å². The Morgan fingerprint density at radius 2 is 2.09 bits per heavy atom. The molecule has 0 aromatic carbocycles. The maximum absolute atomic E-state index is 5.98. The van der Waals surface area contributed by atoms with Gasteiger partial charge in [-0.15, -0.1) is 0 Å². The molecule has 3 heterocycles. The molecule has 0 N–H and O–H groups in total. The summed E-state index contributed by atoms with van der Waals surface area (Å²) in [5.74, 6) is 1.17. The van der Waals surface area contributed by atoms with Gasteiger partial charge >= 0.3 is 0 Å². The number of aromatic nitrogens is 2. The van der Waals surface area contributed by atoms with Crippen molar-refractivity contribution in [2.45, 2.75) is 51.9 Å². The van der Waals surface area contributed by atoms with E-state index in [1.807, 2.05) is 24.4 Å². The Hall–Kier alpha value is -1.72. The molecule has 0 radical (unpaired) electrons. The van der Waals surface area contributed by atoms with Gasteiger partial charge < -0.3 is 9.15 Å². The van der Waals surface area contributed by atoms with Crippen LogP contribution < -0.4 is 0 Å². The molecule has 0 aliphatic carbocycles. The van der Waals surface area contributed by atoms with Crippen LogP contribution in [0.4, 0.5) is 0 Å². The molecular weight excluding hydrogens is 290 g/mol. The molecule has 0 atom stereocenters. The molecular formula is C18H25N3O2. The Morgan fingerprint density at radius 1 is 1.26 bits per heavy atom. The quantitative estimate of drug-likeness (QED) is 0.818. The van der Waals surface area contributed by atoms with Crippen LogP contribution in [0.15, 0.2) is 35.1 Å². The summed E-state index contributed by atoms with van der Waals surface area (Å²) in [6.45, 7) is 7.74. The summed E-state index contributed by atoms with van der Waals surface area (Å²) in [5.41, 5.74) is 2.03. The van der Waals surface area contributed by atoms with Crippen LogP contribution in [-0.2, 0) is 17.9 Å². The number of pyridine rings is 1. The predicted octanol–water partition coefficient (Wildman–Crippen LogP) is 3.37. The average molecular weight is 315 g/mol. The lowest BCUT2D eigenvalue weighted by molar-refractivity contribution is -0.00543. The number of ether oxygens (including phenoxy) is 1. The van der Waals surface area contributed by atoms with Crippen LogP contribution in [-0.4, -0.2) is 34.1 Å². The lowest BCUT2D eigenvalue weighted by Gasteiger charge is -2.31. The number of piperidine rings is 1. The van der Waals surface area contributed by atoms with Crippen molar-refractivity contribution in [3.8, 4) is 0 Å². The minimum Gasteiger partial charge on any atom is -0.448 e. The van der Waals surface area contributed by atoms with Gasteiger partial charge in [0.15, 0.2) is 5.89 Å². The van der Waals surface area contributed by atoms with Gasteiger partial charge in [-0.2, -0.15) is 0 Å². The summed E-state index contributed by atoms with van der Waals surface area (Å²) in [5, 5.41) is 0. The number of rotatable bonds is 6. The molecule has 124 valence electrons. The van der Waals surface area contributed by atoms with Gasteiger partial charge in [0.25, 0.3) is 0 Å². The molecule has 1 saturated heterocycles. The van der Waals surface area contributed by atoms with Crippen LogP contribution in [0.25, 0.3) is 0 Å². The SMILES string of the molecule is CC(C)c1nc(CN2CCC(OCc3ccccn3)CC2)co1. The summed E-state index contributed by atoms with van der Waals surface area (Å²) in [6.07, 6.45) is 6.05. The molecule has 2 aromatic rings. The van der Waals surface area contributed by atoms with E-state index in [2.05, 4.69) is 28.7 Å². The summed E-state index contributed by atoms with van der Waals surface area (Å²) in [6, 6.07) is 5.93. The molecule has 5 nitrogen and oxygen atoms in total. The predicted molar refractivity (Wildman–Crippen MR) is 87.9 cm³/mol. The molecule has 3 rings (SSSR count). The number of nitrogens with zero attached hydrogens (tertiary/aromatic N) is 3. The van der Waals surface area contributed by atoms with Crippen molar-refractivity contribution in [2.75, 3.05) is 13.1 Å². The third-order valence-corrected chi connectivity index (χ3v) is 4.18. The Bertz CT molecular complexity index is 589. The van der Waals surface area contributed by atoms with Gasteiger partial charge in [0.2, 0.25) is 0 Å². The van der Waals surface area contributed by atoms with E-state index < -0.39 is 0 Å². The first-order valence-corrected chi connectivity index (χ1v) is 8.39. The second-order valence-corrected chi connectivity index (χ2v) is 6.44. The molecule has 0 amide bonds. The third-order valence-electron chi connectivity index (χ3n) is 4.18. The van der Waals surface area contributed by atoms with Crippen molar-refractivity contribution in [2.24, 2.45) is 0 Å². The van der Waals surface area contributed by atoms with Crippen LogP contribution in [0.1, 0.15) is 49.9 Å². The van der Waals surface area contributed by atoms with E-state index in [1.165, 1.54) is 0 Å². The zero-order valence-electron chi connectivity index (χ0n) is 13.9. The molecule has 1 fully saturated rings. The highest BCUT2D eigenvalue weighted by molar-refractivity contribution is 5.02. The monoisotopic (exact) mass is 315 g/mol. The van der Waals surface area contributed by atoms with E-state index in [4.69, 9.17) is 9.15 Å². The fourth-order valence-corrected chi connectivity index (χ4v) is 2.81. The Labute approximate surface area is 137 Å². The molecule has 0 saturated carbocycles. The zero-order chi connectivity index (χ0) is 16.1. The third kappa shape index (κ3) is 4.62. The first-order valence-electron chi connectivity index (χ1n) is 8.39. The average Bonchev–Trinajstić information content (AvgIpc) is 3.04. The van der Waals surface area contributed by atoms with Gasteiger partial charge in [-0.25, -0.2) is 4.98 Å². The van der Waals surface area contributed by atoms with Crippen LogP contribution >= 0.6 is 0 Å². The number of hydrogen-bond donors (Lipinski definition) is 0. The summed E-state index contributed by atoms with van der Waals surface area (Å²) in [4.78, 5) is 11.3. The highest BCUT2D eigenvalue weighted by Crippen LogP contribution is 2.19. The zero-order valence-corrected chi connectivity index (χ0v) is 13.9. The molecule has 1 aliphatic rings. The lowest BCUT2D eigenvalue weighted by atomic mass is 10.1. The largest absolute Gasteiger partial charge is 0.448 e. The number of likely N-dealkylation sites (tertiary alicyclic amines) is 1. The molecule has 2 aromatic heterocycles. The summed E-state index contributed by atoms with van der Waals surface area (Å²) < 4.78 is 11.5. The number of hydrogen-bond acceptors (Lipinski definition) is 5. The Morgan fingerprint density at radius 3 is 2.74 bits per heavy atom. The van der Waals surface area contributed by atoms with Gasteiger partial charge in [0.05, 0.1) is 24.1 Å². The van der Waals surface area contributed by atoms with Crippen LogP contribution in [0.5, 0.6) is 0 Å². The molecule has 5 heteroatoms. The van der Waals surface area contributed by atoms with E-state index in [1.54, 1.807) is 6.26 Å². The minimum atomic E-state index is 0.330. The topological polar surface area (TPSA) is 51.4 Å². The normalized spacial score (nSPS) is 17.0. The lowest BCUT2D eigenvalue weighted by Crippen LogP contribution is -2.36. The highest BCUT2D eigenvalue weighted by atomic mass is 16.5. The second-order valence-electron chi connectivity index (χ2n) is 6.44. The van der Waals surface area contributed by atoms with E-state index in [0.717, 1.165) is 49.8 Å². The van der Waals surface area contributed by atoms with Crippen LogP contribution in [0, 0.1) is 0 Å². The summed E-state index contributed by atoms with van der Waals surface area (Å²) >= 11 is 0. The van der Waals surface area contributed by atoms with Crippen molar-refractivity contribution in [3.05, 3.63) is 47.9 Å². The second kappa shape index (κ2) is 7.70. The number of oxazole rings is 1. The molecule has 0 unspecified atom stereocenters. The smallest absolute Gasteiger partial charge is 0.196 e. The fourth-order valence-electron chi connectivity index (χ4n) is 2.81. The van der Waals surface area contributed by atoms with Crippen LogP contribution in [0.3, 0.4) is 0 Å².